The average molecular weight is 283 g/mol. The normalized spacial score (nSPS) is 12.7. The topological polar surface area (TPSA) is 68.5 Å². The van der Waals surface area contributed by atoms with E-state index < -0.39 is 5.92 Å². The molecule has 0 spiro atoms. The van der Waals surface area contributed by atoms with Gasteiger partial charge in [-0.25, -0.2) is 0 Å². The van der Waals surface area contributed by atoms with Crippen LogP contribution in [0.25, 0.3) is 0 Å². The lowest BCUT2D eigenvalue weighted by Gasteiger charge is -2.16. The summed E-state index contributed by atoms with van der Waals surface area (Å²) in [7, 11) is 0. The monoisotopic (exact) mass is 283 g/mol. The number of carbonyl (C=O) groups excluding carboxylic acids is 1. The predicted molar refractivity (Wildman–Crippen MR) is 75.5 cm³/mol. The number of aromatic nitrogens is 2. The third kappa shape index (κ3) is 4.59. The number of nitrogens with zero attached hydrogens (tertiary/aromatic N) is 3. The Hall–Kier alpha value is -1.43. The molecule has 1 heterocycles. The standard InChI is InChI=1S/C14H25N3O3/c1-5-11(14(18)19-8-4)13-15-12(16-20-13)9-10-17(6-2)7-3/h11H,5-10H2,1-4H3. The van der Waals surface area contributed by atoms with Crippen molar-refractivity contribution < 1.29 is 14.1 Å². The van der Waals surface area contributed by atoms with Gasteiger partial charge in [0.25, 0.3) is 0 Å². The molecule has 0 bridgehead atoms. The number of likely N-dealkylation sites (N-methyl/N-ethyl adjacent to an activating group) is 1. The fraction of sp³-hybridized carbons (Fsp3) is 0.786. The van der Waals surface area contributed by atoms with Crippen molar-refractivity contribution in [2.24, 2.45) is 0 Å². The fourth-order valence-corrected chi connectivity index (χ4v) is 1.99. The molecular weight excluding hydrogens is 258 g/mol. The van der Waals surface area contributed by atoms with Gasteiger partial charge in [-0.15, -0.1) is 0 Å². The molecule has 1 aromatic rings. The van der Waals surface area contributed by atoms with Crippen molar-refractivity contribution in [2.45, 2.75) is 46.5 Å². The second-order valence-electron chi connectivity index (χ2n) is 4.54. The van der Waals surface area contributed by atoms with Gasteiger partial charge in [0.15, 0.2) is 5.82 Å². The van der Waals surface area contributed by atoms with Crippen LogP contribution in [-0.2, 0) is 16.0 Å². The lowest BCUT2D eigenvalue weighted by atomic mass is 10.1. The molecule has 6 nitrogen and oxygen atoms in total. The van der Waals surface area contributed by atoms with E-state index in [1.54, 1.807) is 6.92 Å². The lowest BCUT2D eigenvalue weighted by molar-refractivity contribution is -0.145. The molecular formula is C14H25N3O3. The highest BCUT2D eigenvalue weighted by Gasteiger charge is 2.26. The quantitative estimate of drug-likeness (QED) is 0.646. The summed E-state index contributed by atoms with van der Waals surface area (Å²) in [5.74, 6) is 0.258. The van der Waals surface area contributed by atoms with E-state index in [4.69, 9.17) is 9.26 Å². The maximum Gasteiger partial charge on any atom is 0.318 e. The van der Waals surface area contributed by atoms with Crippen LogP contribution < -0.4 is 0 Å². The van der Waals surface area contributed by atoms with Crippen LogP contribution >= 0.6 is 0 Å². The summed E-state index contributed by atoms with van der Waals surface area (Å²) in [6.45, 7) is 11.2. The molecule has 0 aliphatic heterocycles. The Kier molecular flexibility index (Phi) is 7.22. The zero-order valence-corrected chi connectivity index (χ0v) is 12.9. The van der Waals surface area contributed by atoms with Crippen molar-refractivity contribution in [2.75, 3.05) is 26.2 Å². The number of esters is 1. The Bertz CT molecular complexity index is 402. The van der Waals surface area contributed by atoms with E-state index in [0.717, 1.165) is 26.1 Å². The fourth-order valence-electron chi connectivity index (χ4n) is 1.99. The first kappa shape index (κ1) is 16.6. The molecule has 1 unspecified atom stereocenters. The van der Waals surface area contributed by atoms with Crippen LogP contribution in [-0.4, -0.2) is 47.3 Å². The highest BCUT2D eigenvalue weighted by Crippen LogP contribution is 2.19. The number of hydrogen-bond donors (Lipinski definition) is 0. The molecule has 6 heteroatoms. The Balaban J connectivity index is 2.63. The average Bonchev–Trinajstić information content (AvgIpc) is 2.90. The molecule has 0 amide bonds. The third-order valence-corrected chi connectivity index (χ3v) is 3.31. The van der Waals surface area contributed by atoms with Crippen LogP contribution in [0.3, 0.4) is 0 Å². The minimum Gasteiger partial charge on any atom is -0.465 e. The zero-order valence-electron chi connectivity index (χ0n) is 12.9. The summed E-state index contributed by atoms with van der Waals surface area (Å²) >= 11 is 0. The number of hydrogen-bond acceptors (Lipinski definition) is 6. The van der Waals surface area contributed by atoms with E-state index >= 15 is 0 Å². The first-order valence-electron chi connectivity index (χ1n) is 7.37. The van der Waals surface area contributed by atoms with Gasteiger partial charge in [-0.3, -0.25) is 4.79 Å². The second-order valence-corrected chi connectivity index (χ2v) is 4.54. The molecule has 0 saturated carbocycles. The largest absolute Gasteiger partial charge is 0.465 e. The van der Waals surface area contributed by atoms with Crippen LogP contribution in [0.4, 0.5) is 0 Å². The number of rotatable bonds is 9. The van der Waals surface area contributed by atoms with E-state index in [1.807, 2.05) is 6.92 Å². The zero-order chi connectivity index (χ0) is 15.0. The van der Waals surface area contributed by atoms with Crippen molar-refractivity contribution in [3.05, 3.63) is 11.7 Å². The second kappa shape index (κ2) is 8.68. The molecule has 0 aliphatic rings. The van der Waals surface area contributed by atoms with E-state index in [2.05, 4.69) is 28.9 Å². The molecule has 20 heavy (non-hydrogen) atoms. The highest BCUT2D eigenvalue weighted by molar-refractivity contribution is 5.76. The van der Waals surface area contributed by atoms with E-state index in [-0.39, 0.29) is 5.97 Å². The number of carbonyl (C=O) groups is 1. The van der Waals surface area contributed by atoms with Gasteiger partial charge in [-0.05, 0) is 26.4 Å². The number of ether oxygens (including phenoxy) is 1. The first-order chi connectivity index (χ1) is 9.65. The maximum absolute atomic E-state index is 11.8. The van der Waals surface area contributed by atoms with Crippen LogP contribution in [0.1, 0.15) is 51.7 Å². The van der Waals surface area contributed by atoms with E-state index in [9.17, 15) is 4.79 Å². The minimum absolute atomic E-state index is 0.297. The van der Waals surface area contributed by atoms with Crippen LogP contribution in [0.2, 0.25) is 0 Å². The van der Waals surface area contributed by atoms with Crippen LogP contribution in [0, 0.1) is 0 Å². The Labute approximate surface area is 120 Å². The smallest absolute Gasteiger partial charge is 0.318 e. The summed E-state index contributed by atoms with van der Waals surface area (Å²) in [6.07, 6.45) is 1.32. The molecule has 0 radical (unpaired) electrons. The van der Waals surface area contributed by atoms with E-state index in [0.29, 0.717) is 24.7 Å². The summed E-state index contributed by atoms with van der Waals surface area (Å²) in [4.78, 5) is 18.4. The van der Waals surface area contributed by atoms with Crippen molar-refractivity contribution in [1.82, 2.24) is 15.0 Å². The third-order valence-electron chi connectivity index (χ3n) is 3.31. The predicted octanol–water partition coefficient (Wildman–Crippen LogP) is 2.01. The van der Waals surface area contributed by atoms with Gasteiger partial charge in [0.2, 0.25) is 5.89 Å². The highest BCUT2D eigenvalue weighted by atomic mass is 16.5. The van der Waals surface area contributed by atoms with Gasteiger partial charge in [0.1, 0.15) is 5.92 Å². The van der Waals surface area contributed by atoms with Gasteiger partial charge in [-0.1, -0.05) is 25.9 Å². The summed E-state index contributed by atoms with van der Waals surface area (Å²) in [6, 6.07) is 0. The molecule has 0 aliphatic carbocycles. The summed E-state index contributed by atoms with van der Waals surface area (Å²) < 4.78 is 10.2. The molecule has 0 N–H and O–H groups in total. The van der Waals surface area contributed by atoms with Crippen LogP contribution in [0.5, 0.6) is 0 Å². The molecule has 1 aromatic heterocycles. The van der Waals surface area contributed by atoms with Gasteiger partial charge < -0.3 is 14.2 Å². The molecule has 0 saturated heterocycles. The first-order valence-corrected chi connectivity index (χ1v) is 7.37. The molecule has 1 atom stereocenters. The maximum atomic E-state index is 11.8. The molecule has 0 fully saturated rings. The molecule has 114 valence electrons. The van der Waals surface area contributed by atoms with Crippen molar-refractivity contribution in [3.8, 4) is 0 Å². The Morgan fingerprint density at radius 2 is 2.00 bits per heavy atom. The summed E-state index contributed by atoms with van der Waals surface area (Å²) in [5, 5.41) is 3.95. The van der Waals surface area contributed by atoms with Gasteiger partial charge in [0.05, 0.1) is 6.61 Å². The molecule has 1 rings (SSSR count). The van der Waals surface area contributed by atoms with Gasteiger partial charge in [0, 0.05) is 13.0 Å². The van der Waals surface area contributed by atoms with Crippen molar-refractivity contribution in [1.29, 1.82) is 0 Å². The minimum atomic E-state index is -0.454. The van der Waals surface area contributed by atoms with Gasteiger partial charge in [-0.2, -0.15) is 4.98 Å². The van der Waals surface area contributed by atoms with Crippen LogP contribution in [0.15, 0.2) is 4.52 Å². The molecule has 0 aromatic carbocycles. The van der Waals surface area contributed by atoms with E-state index in [1.165, 1.54) is 0 Å². The summed E-state index contributed by atoms with van der Waals surface area (Å²) in [5.41, 5.74) is 0. The van der Waals surface area contributed by atoms with Gasteiger partial charge >= 0.3 is 5.97 Å². The van der Waals surface area contributed by atoms with Crippen molar-refractivity contribution in [3.63, 3.8) is 0 Å². The Morgan fingerprint density at radius 3 is 2.55 bits per heavy atom. The van der Waals surface area contributed by atoms with Crippen molar-refractivity contribution >= 4 is 5.97 Å². The lowest BCUT2D eigenvalue weighted by Crippen LogP contribution is -2.25. The Morgan fingerprint density at radius 1 is 1.30 bits per heavy atom. The SMILES string of the molecule is CCOC(=O)C(CC)c1nc(CCN(CC)CC)no1.